The lowest BCUT2D eigenvalue weighted by Gasteiger charge is -2.33. The van der Waals surface area contributed by atoms with E-state index >= 15 is 8.63 Å². The standard InChI is InChI=1S/C23H21BF2I2N2/c25-24(26)29-20(15-10-4-6-12-17(15)22(29)27)19(14-8-2-1-3-9-14)21-16-11-5-7-13-18(16)23(28)30(21)24/h1-3,8-9H,4-7,10-13H2. The van der Waals surface area contributed by atoms with Gasteiger partial charge < -0.3 is 17.6 Å². The molecule has 0 saturated carbocycles. The van der Waals surface area contributed by atoms with Gasteiger partial charge in [-0.15, -0.1) is 0 Å². The van der Waals surface area contributed by atoms with Crippen molar-refractivity contribution in [3.05, 3.63) is 73.3 Å². The highest BCUT2D eigenvalue weighted by Crippen LogP contribution is 2.51. The highest BCUT2D eigenvalue weighted by Gasteiger charge is 2.58. The lowest BCUT2D eigenvalue weighted by atomic mass is 9.81. The van der Waals surface area contributed by atoms with Gasteiger partial charge in [0.05, 0.1) is 9.27 Å². The molecule has 0 bridgehead atoms. The minimum atomic E-state index is -3.92. The van der Waals surface area contributed by atoms with Gasteiger partial charge in [-0.25, -0.2) is 0 Å². The smallest absolute Gasteiger partial charge is 0.389 e. The highest BCUT2D eigenvalue weighted by atomic mass is 127. The van der Waals surface area contributed by atoms with Crippen LogP contribution in [-0.2, 0) is 12.8 Å². The third kappa shape index (κ3) is 2.53. The number of hydrogen-bond acceptors (Lipinski definition) is 0. The van der Waals surface area contributed by atoms with E-state index in [9.17, 15) is 0 Å². The van der Waals surface area contributed by atoms with E-state index in [0.717, 1.165) is 104 Å². The number of allylic oxidation sites excluding steroid dienone is 2. The Kier molecular flexibility index (Phi) is 4.61. The molecule has 154 valence electrons. The fourth-order valence-electron chi connectivity index (χ4n) is 5.80. The summed E-state index contributed by atoms with van der Waals surface area (Å²) in [7, 11) is 0. The summed E-state index contributed by atoms with van der Waals surface area (Å²) in [6.45, 7) is -3.92. The van der Waals surface area contributed by atoms with Gasteiger partial charge in [-0.3, -0.25) is 0 Å². The summed E-state index contributed by atoms with van der Waals surface area (Å²) < 4.78 is 37.0. The van der Waals surface area contributed by atoms with Crippen LogP contribution in [0.15, 0.2) is 47.2 Å². The molecule has 30 heavy (non-hydrogen) atoms. The quantitative estimate of drug-likeness (QED) is 0.246. The van der Waals surface area contributed by atoms with Crippen LogP contribution in [0.1, 0.15) is 60.9 Å². The largest absolute Gasteiger partial charge is 0.738 e. The molecule has 1 aromatic carbocycles. The lowest BCUT2D eigenvalue weighted by molar-refractivity contribution is -0.359. The molecule has 0 N–H and O–H groups in total. The molecule has 1 aromatic heterocycles. The van der Waals surface area contributed by atoms with E-state index in [2.05, 4.69) is 57.3 Å². The monoisotopic (exact) mass is 628 g/mol. The Balaban J connectivity index is 1.78. The van der Waals surface area contributed by atoms with Gasteiger partial charge >= 0.3 is 6.97 Å². The van der Waals surface area contributed by atoms with Crippen LogP contribution in [0, 0.1) is 3.70 Å². The van der Waals surface area contributed by atoms with Crippen LogP contribution in [0.4, 0.5) is 8.63 Å². The molecule has 3 heterocycles. The average molecular weight is 628 g/mol. The van der Waals surface area contributed by atoms with E-state index in [1.807, 2.05) is 18.2 Å². The summed E-state index contributed by atoms with van der Waals surface area (Å²) in [5.74, 6) is 0. The highest BCUT2D eigenvalue weighted by molar-refractivity contribution is 14.1. The summed E-state index contributed by atoms with van der Waals surface area (Å²) in [4.78, 5) is 0. The number of nitrogens with zero attached hydrogens (tertiary/aromatic N) is 2. The number of benzene rings is 1. The molecule has 0 unspecified atom stereocenters. The van der Waals surface area contributed by atoms with Crippen molar-refractivity contribution in [1.82, 2.24) is 4.48 Å². The Morgan fingerprint density at radius 1 is 0.833 bits per heavy atom. The van der Waals surface area contributed by atoms with Gasteiger partial charge in [-0.2, -0.15) is 0 Å². The molecular formula is C23H21BF2I2N2. The Labute approximate surface area is 202 Å². The summed E-state index contributed by atoms with van der Waals surface area (Å²) >= 11 is 4.37. The van der Waals surface area contributed by atoms with Crippen molar-refractivity contribution in [1.29, 1.82) is 0 Å². The molecule has 0 spiro atoms. The van der Waals surface area contributed by atoms with E-state index in [-0.39, 0.29) is 0 Å². The Hall–Kier alpha value is -0.965. The zero-order valence-corrected chi connectivity index (χ0v) is 20.8. The Morgan fingerprint density at radius 3 is 2.20 bits per heavy atom. The van der Waals surface area contributed by atoms with E-state index in [0.29, 0.717) is 0 Å². The van der Waals surface area contributed by atoms with Crippen LogP contribution < -0.4 is 0 Å². The Morgan fingerprint density at radius 2 is 1.47 bits per heavy atom. The summed E-state index contributed by atoms with van der Waals surface area (Å²) in [6.07, 6.45) is 7.95. The second-order valence-corrected chi connectivity index (χ2v) is 10.7. The maximum Gasteiger partial charge on any atom is 0.738 e. The van der Waals surface area contributed by atoms with Gasteiger partial charge in [-0.05, 0) is 90.6 Å². The van der Waals surface area contributed by atoms with Crippen molar-refractivity contribution in [2.24, 2.45) is 0 Å². The molecule has 0 radical (unpaired) electrons. The molecule has 7 heteroatoms. The van der Waals surface area contributed by atoms with Crippen molar-refractivity contribution in [2.75, 3.05) is 0 Å². The number of fused-ring (bicyclic) bond motifs is 5. The van der Waals surface area contributed by atoms with Crippen molar-refractivity contribution in [3.8, 4) is 0 Å². The maximum absolute atomic E-state index is 16.3. The predicted octanol–water partition coefficient (Wildman–Crippen LogP) is 6.70. The first-order valence-corrected chi connectivity index (χ1v) is 13.0. The molecule has 6 rings (SSSR count). The maximum atomic E-state index is 16.3. The van der Waals surface area contributed by atoms with E-state index < -0.39 is 6.97 Å². The summed E-state index contributed by atoms with van der Waals surface area (Å²) in [5.41, 5.74) is 8.29. The van der Waals surface area contributed by atoms with Crippen LogP contribution in [0.2, 0.25) is 0 Å². The fraction of sp³-hybridized carbons (Fsp3) is 0.348. The van der Waals surface area contributed by atoms with E-state index in [1.165, 1.54) is 8.96 Å². The predicted molar refractivity (Wildman–Crippen MR) is 134 cm³/mol. The zero-order chi connectivity index (χ0) is 20.6. The zero-order valence-electron chi connectivity index (χ0n) is 16.5. The van der Waals surface area contributed by atoms with Crippen molar-refractivity contribution < 1.29 is 13.1 Å². The molecule has 0 saturated heterocycles. The summed E-state index contributed by atoms with van der Waals surface area (Å²) in [5, 5.41) is 0. The van der Waals surface area contributed by atoms with Crippen LogP contribution in [0.25, 0.3) is 5.57 Å². The molecule has 2 aliphatic carbocycles. The minimum absolute atomic E-state index is 0.740. The molecular weight excluding hydrogens is 607 g/mol. The molecule has 0 atom stereocenters. The van der Waals surface area contributed by atoms with Crippen molar-refractivity contribution >= 4 is 61.4 Å². The van der Waals surface area contributed by atoms with Gasteiger partial charge in [0.2, 0.25) is 0 Å². The van der Waals surface area contributed by atoms with Crippen LogP contribution >= 0.6 is 45.2 Å². The first-order chi connectivity index (χ1) is 14.5. The van der Waals surface area contributed by atoms with Crippen LogP contribution in [0.3, 0.4) is 0 Å². The van der Waals surface area contributed by atoms with Crippen molar-refractivity contribution in [2.45, 2.75) is 51.4 Å². The summed E-state index contributed by atoms with van der Waals surface area (Å²) in [6, 6.07) is 10.2. The van der Waals surface area contributed by atoms with Crippen molar-refractivity contribution in [3.63, 3.8) is 0 Å². The molecule has 4 aliphatic rings. The molecule has 2 aliphatic heterocycles. The van der Waals surface area contributed by atoms with E-state index in [4.69, 9.17) is 0 Å². The van der Waals surface area contributed by atoms with Gasteiger partial charge in [-0.1, -0.05) is 30.3 Å². The number of aromatic nitrogens is 1. The topological polar surface area (TPSA) is 7.94 Å². The molecule has 2 nitrogen and oxygen atoms in total. The van der Waals surface area contributed by atoms with Gasteiger partial charge in [0.15, 0.2) is 9.42 Å². The van der Waals surface area contributed by atoms with Gasteiger partial charge in [0, 0.05) is 39.4 Å². The number of rotatable bonds is 1. The van der Waals surface area contributed by atoms with E-state index in [1.54, 1.807) is 0 Å². The Bertz CT molecular complexity index is 1190. The third-order valence-electron chi connectivity index (χ3n) is 7.07. The number of hydrogen-bond donors (Lipinski definition) is 0. The first-order valence-electron chi connectivity index (χ1n) is 10.8. The van der Waals surface area contributed by atoms with Crippen LogP contribution in [0.5, 0.6) is 0 Å². The number of halogens is 4. The third-order valence-corrected chi connectivity index (χ3v) is 9.41. The second kappa shape index (κ2) is 7.02. The normalized spacial score (nSPS) is 22.1. The SMILES string of the molecule is F[B-]1(F)n2c(I)c3c(c2C(c2ccccc2)=C2C4=C(CCCC4)C(I)=[N+]21)CCCC3. The van der Waals surface area contributed by atoms with Gasteiger partial charge in [0.25, 0.3) is 0 Å². The lowest BCUT2D eigenvalue weighted by Crippen LogP contribution is -2.51. The molecule has 0 fully saturated rings. The first kappa shape index (κ1) is 19.7. The second-order valence-electron chi connectivity index (χ2n) is 8.68. The minimum Gasteiger partial charge on any atom is -0.389 e. The molecule has 0 amide bonds. The average Bonchev–Trinajstić information content (AvgIpc) is 3.24. The van der Waals surface area contributed by atoms with Gasteiger partial charge in [0.1, 0.15) is 0 Å². The fourth-order valence-corrected chi connectivity index (χ4v) is 8.14. The molecule has 2 aromatic rings. The van der Waals surface area contributed by atoms with Crippen LogP contribution in [-0.4, -0.2) is 19.7 Å².